The van der Waals surface area contributed by atoms with Crippen LogP contribution in [0.4, 0.5) is 0 Å². The molecule has 2 aliphatic carbocycles. The van der Waals surface area contributed by atoms with Gasteiger partial charge in [0.25, 0.3) is 0 Å². The minimum absolute atomic E-state index is 0.225. The molecule has 4 nitrogen and oxygen atoms in total. The summed E-state index contributed by atoms with van der Waals surface area (Å²) in [6.07, 6.45) is 5.38. The quantitative estimate of drug-likeness (QED) is 0.892. The number of aliphatic hydroxyl groups is 1. The standard InChI is InChI=1S/C14H22N2O2/c1-8(2)12(17)7-13-15-14(16-18-13)11-6-9-3-4-10(11)5-9/h8-12,17H,3-7H2,1-2H3. The fourth-order valence-electron chi connectivity index (χ4n) is 3.48. The van der Waals surface area contributed by atoms with Crippen molar-refractivity contribution < 1.29 is 9.63 Å². The Morgan fingerprint density at radius 3 is 2.78 bits per heavy atom. The molecule has 1 aromatic heterocycles. The van der Waals surface area contributed by atoms with Crippen LogP contribution >= 0.6 is 0 Å². The molecule has 0 spiro atoms. The Kier molecular flexibility index (Phi) is 3.14. The van der Waals surface area contributed by atoms with Gasteiger partial charge in [-0.05, 0) is 37.0 Å². The molecule has 2 saturated carbocycles. The SMILES string of the molecule is CC(C)C(O)Cc1nc(C2CC3CCC2C3)no1. The largest absolute Gasteiger partial charge is 0.392 e. The van der Waals surface area contributed by atoms with E-state index in [0.29, 0.717) is 18.2 Å². The zero-order chi connectivity index (χ0) is 12.7. The van der Waals surface area contributed by atoms with E-state index >= 15 is 0 Å². The molecule has 18 heavy (non-hydrogen) atoms. The van der Waals surface area contributed by atoms with Crippen molar-refractivity contribution in [3.8, 4) is 0 Å². The molecule has 0 aliphatic heterocycles. The molecule has 4 atom stereocenters. The first-order valence-electron chi connectivity index (χ1n) is 7.14. The Morgan fingerprint density at radius 2 is 2.17 bits per heavy atom. The van der Waals surface area contributed by atoms with Gasteiger partial charge in [-0.2, -0.15) is 4.98 Å². The molecule has 4 unspecified atom stereocenters. The summed E-state index contributed by atoms with van der Waals surface area (Å²) in [4.78, 5) is 4.50. The summed E-state index contributed by atoms with van der Waals surface area (Å²) in [6, 6.07) is 0. The van der Waals surface area contributed by atoms with E-state index in [1.165, 1.54) is 25.7 Å². The lowest BCUT2D eigenvalue weighted by Gasteiger charge is -2.17. The molecule has 2 aliphatic rings. The summed E-state index contributed by atoms with van der Waals surface area (Å²) in [5, 5.41) is 14.0. The lowest BCUT2D eigenvalue weighted by Crippen LogP contribution is -2.18. The van der Waals surface area contributed by atoms with E-state index in [0.717, 1.165) is 17.7 Å². The third-order valence-electron chi connectivity index (χ3n) is 4.71. The predicted octanol–water partition coefficient (Wildman–Crippen LogP) is 2.53. The second-order valence-corrected chi connectivity index (χ2v) is 6.34. The van der Waals surface area contributed by atoms with Crippen LogP contribution in [0.1, 0.15) is 57.2 Å². The van der Waals surface area contributed by atoms with Crippen molar-refractivity contribution in [2.45, 2.75) is 58.0 Å². The summed E-state index contributed by atoms with van der Waals surface area (Å²) in [5.74, 6) is 3.88. The average molecular weight is 250 g/mol. The van der Waals surface area contributed by atoms with E-state index in [-0.39, 0.29) is 5.92 Å². The van der Waals surface area contributed by atoms with Gasteiger partial charge < -0.3 is 9.63 Å². The van der Waals surface area contributed by atoms with Crippen molar-refractivity contribution in [3.63, 3.8) is 0 Å². The molecule has 3 rings (SSSR count). The summed E-state index contributed by atoms with van der Waals surface area (Å²) >= 11 is 0. The fourth-order valence-corrected chi connectivity index (χ4v) is 3.48. The average Bonchev–Trinajstić information content (AvgIpc) is 3.03. The smallest absolute Gasteiger partial charge is 0.229 e. The van der Waals surface area contributed by atoms with E-state index in [1.54, 1.807) is 0 Å². The topological polar surface area (TPSA) is 59.2 Å². The molecule has 1 heterocycles. The summed E-state index contributed by atoms with van der Waals surface area (Å²) in [7, 11) is 0. The molecule has 0 saturated heterocycles. The monoisotopic (exact) mass is 250 g/mol. The maximum absolute atomic E-state index is 9.83. The van der Waals surface area contributed by atoms with Gasteiger partial charge in [0.2, 0.25) is 5.89 Å². The van der Waals surface area contributed by atoms with Crippen molar-refractivity contribution in [1.29, 1.82) is 0 Å². The highest BCUT2D eigenvalue weighted by Gasteiger charge is 2.42. The Balaban J connectivity index is 1.66. The lowest BCUT2D eigenvalue weighted by molar-refractivity contribution is 0.116. The van der Waals surface area contributed by atoms with E-state index in [9.17, 15) is 5.11 Å². The molecule has 2 bridgehead atoms. The van der Waals surface area contributed by atoms with Crippen LogP contribution in [-0.4, -0.2) is 21.4 Å². The lowest BCUT2D eigenvalue weighted by atomic mass is 9.88. The minimum atomic E-state index is -0.390. The second-order valence-electron chi connectivity index (χ2n) is 6.34. The number of hydrogen-bond acceptors (Lipinski definition) is 4. The van der Waals surface area contributed by atoms with Gasteiger partial charge in [0.05, 0.1) is 12.5 Å². The van der Waals surface area contributed by atoms with Crippen LogP contribution in [0.15, 0.2) is 4.52 Å². The van der Waals surface area contributed by atoms with Gasteiger partial charge >= 0.3 is 0 Å². The third-order valence-corrected chi connectivity index (χ3v) is 4.71. The van der Waals surface area contributed by atoms with Crippen molar-refractivity contribution in [2.75, 3.05) is 0 Å². The molecule has 0 amide bonds. The highest BCUT2D eigenvalue weighted by molar-refractivity contribution is 5.06. The number of aromatic nitrogens is 2. The predicted molar refractivity (Wildman–Crippen MR) is 67.0 cm³/mol. The van der Waals surface area contributed by atoms with Crippen molar-refractivity contribution in [2.24, 2.45) is 17.8 Å². The van der Waals surface area contributed by atoms with Crippen LogP contribution in [0.2, 0.25) is 0 Å². The van der Waals surface area contributed by atoms with Crippen LogP contribution in [0.25, 0.3) is 0 Å². The van der Waals surface area contributed by atoms with E-state index < -0.39 is 6.10 Å². The Hall–Kier alpha value is -0.900. The first-order valence-corrected chi connectivity index (χ1v) is 7.14. The van der Waals surface area contributed by atoms with Crippen molar-refractivity contribution in [3.05, 3.63) is 11.7 Å². The third kappa shape index (κ3) is 2.18. The molecular formula is C14H22N2O2. The highest BCUT2D eigenvalue weighted by Crippen LogP contribution is 2.52. The normalized spacial score (nSPS) is 32.3. The van der Waals surface area contributed by atoms with Crippen LogP contribution < -0.4 is 0 Å². The van der Waals surface area contributed by atoms with Gasteiger partial charge in [-0.1, -0.05) is 25.4 Å². The zero-order valence-corrected chi connectivity index (χ0v) is 11.2. The van der Waals surface area contributed by atoms with Gasteiger partial charge in [-0.25, -0.2) is 0 Å². The zero-order valence-electron chi connectivity index (χ0n) is 11.2. The van der Waals surface area contributed by atoms with Crippen LogP contribution in [-0.2, 0) is 6.42 Å². The Morgan fingerprint density at radius 1 is 1.33 bits per heavy atom. The van der Waals surface area contributed by atoms with Crippen molar-refractivity contribution in [1.82, 2.24) is 10.1 Å². The molecule has 0 radical (unpaired) electrons. The summed E-state index contributed by atoms with van der Waals surface area (Å²) < 4.78 is 5.28. The second kappa shape index (κ2) is 4.65. The van der Waals surface area contributed by atoms with Crippen LogP contribution in [0.5, 0.6) is 0 Å². The molecule has 1 N–H and O–H groups in total. The number of fused-ring (bicyclic) bond motifs is 2. The number of rotatable bonds is 4. The van der Waals surface area contributed by atoms with Gasteiger partial charge in [0.15, 0.2) is 5.82 Å². The molecule has 2 fully saturated rings. The molecular weight excluding hydrogens is 228 g/mol. The van der Waals surface area contributed by atoms with E-state index in [1.807, 2.05) is 13.8 Å². The van der Waals surface area contributed by atoms with Gasteiger partial charge in [-0.15, -0.1) is 0 Å². The molecule has 100 valence electrons. The Bertz CT molecular complexity index is 416. The van der Waals surface area contributed by atoms with Crippen LogP contribution in [0.3, 0.4) is 0 Å². The summed E-state index contributed by atoms with van der Waals surface area (Å²) in [5.41, 5.74) is 0. The van der Waals surface area contributed by atoms with Crippen molar-refractivity contribution >= 4 is 0 Å². The van der Waals surface area contributed by atoms with Gasteiger partial charge in [0, 0.05) is 5.92 Å². The molecule has 4 heteroatoms. The minimum Gasteiger partial charge on any atom is -0.392 e. The molecule has 0 aromatic carbocycles. The van der Waals surface area contributed by atoms with Gasteiger partial charge in [-0.3, -0.25) is 0 Å². The molecule has 1 aromatic rings. The maximum atomic E-state index is 9.83. The highest BCUT2D eigenvalue weighted by atomic mass is 16.5. The fraction of sp³-hybridized carbons (Fsp3) is 0.857. The number of nitrogens with zero attached hydrogens (tertiary/aromatic N) is 2. The first kappa shape index (κ1) is 12.2. The summed E-state index contributed by atoms with van der Waals surface area (Å²) in [6.45, 7) is 4.00. The van der Waals surface area contributed by atoms with E-state index in [2.05, 4.69) is 10.1 Å². The maximum Gasteiger partial charge on any atom is 0.229 e. The van der Waals surface area contributed by atoms with Crippen LogP contribution in [0, 0.1) is 17.8 Å². The number of aliphatic hydroxyl groups excluding tert-OH is 1. The van der Waals surface area contributed by atoms with Gasteiger partial charge in [0.1, 0.15) is 0 Å². The van der Waals surface area contributed by atoms with E-state index in [4.69, 9.17) is 4.52 Å². The Labute approximate surface area is 108 Å². The first-order chi connectivity index (χ1) is 8.63. The number of hydrogen-bond donors (Lipinski definition) is 1.